The first-order chi connectivity index (χ1) is 7.56. The largest absolute Gasteiger partial charge is 0.351 e. The van der Waals surface area contributed by atoms with Gasteiger partial charge in [0.1, 0.15) is 0 Å². The third-order valence-electron chi connectivity index (χ3n) is 3.04. The molecule has 1 saturated carbocycles. The monoisotopic (exact) mass is 218 g/mol. The van der Waals surface area contributed by atoms with E-state index < -0.39 is 0 Å². The third-order valence-corrected chi connectivity index (χ3v) is 3.04. The molecule has 0 bridgehead atoms. The zero-order valence-corrected chi connectivity index (χ0v) is 9.79. The zero-order chi connectivity index (χ0) is 11.7. The van der Waals surface area contributed by atoms with Crippen molar-refractivity contribution < 1.29 is 4.79 Å². The molecule has 2 atom stereocenters. The van der Waals surface area contributed by atoms with Gasteiger partial charge in [-0.1, -0.05) is 23.8 Å². The number of hydrogen-bond acceptors (Lipinski definition) is 2. The zero-order valence-electron chi connectivity index (χ0n) is 9.79. The highest BCUT2D eigenvalue weighted by Gasteiger charge is 2.34. The first-order valence-electron chi connectivity index (χ1n) is 5.67. The number of benzene rings is 1. The quantitative estimate of drug-likeness (QED) is 0.797. The Balaban J connectivity index is 1.97. The number of amides is 1. The number of hydrogen-bond donors (Lipinski definition) is 2. The molecule has 1 fully saturated rings. The average molecular weight is 218 g/mol. The lowest BCUT2D eigenvalue weighted by atomic mass is 10.0. The third kappa shape index (κ3) is 2.61. The molecular formula is C13H18N2O. The molecule has 1 aromatic rings. The highest BCUT2D eigenvalue weighted by atomic mass is 16.1. The van der Waals surface area contributed by atoms with Crippen LogP contribution in [0.4, 0.5) is 0 Å². The van der Waals surface area contributed by atoms with E-state index in [1.54, 1.807) is 0 Å². The predicted molar refractivity (Wildman–Crippen MR) is 64.1 cm³/mol. The Kier molecular flexibility index (Phi) is 2.97. The fraction of sp³-hybridized carbons (Fsp3) is 0.462. The molecule has 1 amide bonds. The first kappa shape index (κ1) is 11.1. The van der Waals surface area contributed by atoms with Crippen LogP contribution in [0, 0.1) is 13.8 Å². The maximum Gasteiger partial charge on any atom is 0.224 e. The van der Waals surface area contributed by atoms with E-state index >= 15 is 0 Å². The van der Waals surface area contributed by atoms with E-state index in [4.69, 9.17) is 5.73 Å². The number of nitrogens with one attached hydrogen (secondary N) is 1. The summed E-state index contributed by atoms with van der Waals surface area (Å²) in [5, 5.41) is 2.93. The van der Waals surface area contributed by atoms with Crippen LogP contribution in [-0.4, -0.2) is 18.0 Å². The van der Waals surface area contributed by atoms with Gasteiger partial charge in [-0.2, -0.15) is 0 Å². The van der Waals surface area contributed by atoms with Crippen molar-refractivity contribution in [1.82, 2.24) is 5.32 Å². The number of carbonyl (C=O) groups is 1. The topological polar surface area (TPSA) is 55.1 Å². The van der Waals surface area contributed by atoms with Crippen molar-refractivity contribution in [1.29, 1.82) is 0 Å². The van der Waals surface area contributed by atoms with E-state index in [1.807, 2.05) is 13.8 Å². The molecule has 0 heterocycles. The number of rotatable bonds is 3. The van der Waals surface area contributed by atoms with Gasteiger partial charge in [-0.05, 0) is 31.4 Å². The summed E-state index contributed by atoms with van der Waals surface area (Å²) in [6.07, 6.45) is 1.37. The van der Waals surface area contributed by atoms with Crippen LogP contribution < -0.4 is 11.1 Å². The minimum Gasteiger partial charge on any atom is -0.351 e. The van der Waals surface area contributed by atoms with Gasteiger partial charge in [-0.3, -0.25) is 4.79 Å². The maximum absolute atomic E-state index is 11.7. The standard InChI is InChI=1S/C13H18N2O/c1-8-3-4-9(2)10(5-8)6-13(16)15-12-7-11(12)14/h3-5,11-12H,6-7,14H2,1-2H3,(H,15,16). The second-order valence-corrected chi connectivity index (χ2v) is 4.68. The minimum atomic E-state index is 0.0756. The number of carbonyl (C=O) groups excluding carboxylic acids is 1. The van der Waals surface area contributed by atoms with E-state index in [0.717, 1.165) is 12.0 Å². The molecule has 16 heavy (non-hydrogen) atoms. The van der Waals surface area contributed by atoms with Crippen LogP contribution >= 0.6 is 0 Å². The van der Waals surface area contributed by atoms with Gasteiger partial charge in [0.2, 0.25) is 5.91 Å². The fourth-order valence-electron chi connectivity index (χ4n) is 1.80. The van der Waals surface area contributed by atoms with E-state index in [-0.39, 0.29) is 18.0 Å². The molecular weight excluding hydrogens is 200 g/mol. The normalized spacial score (nSPS) is 22.9. The van der Waals surface area contributed by atoms with E-state index in [9.17, 15) is 4.79 Å². The molecule has 0 radical (unpaired) electrons. The Labute approximate surface area is 96.0 Å². The van der Waals surface area contributed by atoms with Crippen molar-refractivity contribution in [2.24, 2.45) is 5.73 Å². The summed E-state index contributed by atoms with van der Waals surface area (Å²) >= 11 is 0. The SMILES string of the molecule is Cc1ccc(C)c(CC(=O)NC2CC2N)c1. The van der Waals surface area contributed by atoms with Gasteiger partial charge in [0.25, 0.3) is 0 Å². The van der Waals surface area contributed by atoms with Crippen molar-refractivity contribution in [3.8, 4) is 0 Å². The first-order valence-corrected chi connectivity index (χ1v) is 5.67. The summed E-state index contributed by atoms with van der Waals surface area (Å²) in [5.74, 6) is 0.0756. The number of nitrogens with two attached hydrogens (primary N) is 1. The smallest absolute Gasteiger partial charge is 0.224 e. The minimum absolute atomic E-state index is 0.0756. The van der Waals surface area contributed by atoms with Crippen molar-refractivity contribution in [2.75, 3.05) is 0 Å². The Morgan fingerprint density at radius 2 is 2.19 bits per heavy atom. The van der Waals surface area contributed by atoms with Crippen LogP contribution in [-0.2, 0) is 11.2 Å². The van der Waals surface area contributed by atoms with Gasteiger partial charge in [-0.15, -0.1) is 0 Å². The molecule has 3 N–H and O–H groups in total. The van der Waals surface area contributed by atoms with E-state index in [0.29, 0.717) is 6.42 Å². The van der Waals surface area contributed by atoms with Crippen LogP contribution in [0.15, 0.2) is 18.2 Å². The lowest BCUT2D eigenvalue weighted by molar-refractivity contribution is -0.120. The van der Waals surface area contributed by atoms with Gasteiger partial charge in [0, 0.05) is 12.1 Å². The highest BCUT2D eigenvalue weighted by Crippen LogP contribution is 2.18. The molecule has 1 aliphatic rings. The van der Waals surface area contributed by atoms with Gasteiger partial charge >= 0.3 is 0 Å². The summed E-state index contributed by atoms with van der Waals surface area (Å²) in [4.78, 5) is 11.7. The Morgan fingerprint density at radius 1 is 1.50 bits per heavy atom. The van der Waals surface area contributed by atoms with Crippen molar-refractivity contribution >= 4 is 5.91 Å². The molecule has 0 saturated heterocycles. The molecule has 1 aliphatic carbocycles. The second kappa shape index (κ2) is 4.26. The lowest BCUT2D eigenvalue weighted by Crippen LogP contribution is -2.31. The molecule has 2 rings (SSSR count). The van der Waals surface area contributed by atoms with E-state index in [2.05, 4.69) is 23.5 Å². The molecule has 0 aliphatic heterocycles. The van der Waals surface area contributed by atoms with Crippen LogP contribution in [0.3, 0.4) is 0 Å². The van der Waals surface area contributed by atoms with Crippen LogP contribution in [0.1, 0.15) is 23.1 Å². The van der Waals surface area contributed by atoms with Gasteiger partial charge < -0.3 is 11.1 Å². The predicted octanol–water partition coefficient (Wildman–Crippen LogP) is 1.06. The van der Waals surface area contributed by atoms with Crippen molar-refractivity contribution in [2.45, 2.75) is 38.8 Å². The summed E-state index contributed by atoms with van der Waals surface area (Å²) in [5.41, 5.74) is 9.11. The van der Waals surface area contributed by atoms with Gasteiger partial charge in [-0.25, -0.2) is 0 Å². The summed E-state index contributed by atoms with van der Waals surface area (Å²) in [7, 11) is 0. The summed E-state index contributed by atoms with van der Waals surface area (Å²) < 4.78 is 0. The lowest BCUT2D eigenvalue weighted by Gasteiger charge is -2.07. The second-order valence-electron chi connectivity index (χ2n) is 4.68. The van der Waals surface area contributed by atoms with Gasteiger partial charge in [0.05, 0.1) is 6.42 Å². The van der Waals surface area contributed by atoms with Crippen LogP contribution in [0.2, 0.25) is 0 Å². The summed E-state index contributed by atoms with van der Waals surface area (Å²) in [6.45, 7) is 4.07. The highest BCUT2D eigenvalue weighted by molar-refractivity contribution is 5.79. The van der Waals surface area contributed by atoms with Crippen LogP contribution in [0.25, 0.3) is 0 Å². The van der Waals surface area contributed by atoms with Crippen LogP contribution in [0.5, 0.6) is 0 Å². The molecule has 3 heteroatoms. The molecule has 2 unspecified atom stereocenters. The van der Waals surface area contributed by atoms with Gasteiger partial charge in [0.15, 0.2) is 0 Å². The maximum atomic E-state index is 11.7. The molecule has 0 spiro atoms. The van der Waals surface area contributed by atoms with Crippen molar-refractivity contribution in [3.05, 3.63) is 34.9 Å². The fourth-order valence-corrected chi connectivity index (χ4v) is 1.80. The molecule has 1 aromatic carbocycles. The average Bonchev–Trinajstić information content (AvgIpc) is 2.88. The molecule has 3 nitrogen and oxygen atoms in total. The van der Waals surface area contributed by atoms with Crippen molar-refractivity contribution in [3.63, 3.8) is 0 Å². The molecule has 0 aromatic heterocycles. The molecule has 86 valence electrons. The Morgan fingerprint density at radius 3 is 2.81 bits per heavy atom. The summed E-state index contributed by atoms with van der Waals surface area (Å²) in [6, 6.07) is 6.57. The Hall–Kier alpha value is -1.35. The van der Waals surface area contributed by atoms with E-state index in [1.165, 1.54) is 11.1 Å². The number of aryl methyl sites for hydroxylation is 2. The Bertz CT molecular complexity index is 414.